The molecule has 0 atom stereocenters. The van der Waals surface area contributed by atoms with E-state index in [0.29, 0.717) is 0 Å². The maximum absolute atomic E-state index is 2.51. The summed E-state index contributed by atoms with van der Waals surface area (Å²) < 4.78 is 4.89. The average molecular weight is 738 g/mol. The Morgan fingerprint density at radius 3 is 1.81 bits per heavy atom. The molecule has 13 rings (SSSR count). The van der Waals surface area contributed by atoms with Crippen LogP contribution in [0.1, 0.15) is 11.1 Å². The number of aromatic nitrogens is 2. The van der Waals surface area contributed by atoms with Gasteiger partial charge in [0.2, 0.25) is 0 Å². The van der Waals surface area contributed by atoms with E-state index in [1.807, 2.05) is 0 Å². The summed E-state index contributed by atoms with van der Waals surface area (Å²) in [4.78, 5) is 2.48. The first-order valence-electron chi connectivity index (χ1n) is 20.1. The molecule has 3 aromatic heterocycles. The second-order valence-electron chi connectivity index (χ2n) is 15.7. The van der Waals surface area contributed by atoms with Gasteiger partial charge < -0.3 is 13.9 Å². The third-order valence-electron chi connectivity index (χ3n) is 12.7. The number of fused-ring (bicyclic) bond motifs is 12. The van der Waals surface area contributed by atoms with Crippen LogP contribution < -0.4 is 4.90 Å². The van der Waals surface area contributed by atoms with Gasteiger partial charge in [0.1, 0.15) is 0 Å². The highest BCUT2D eigenvalue weighted by atomic mass is 15.2. The number of benzene rings is 9. The summed E-state index contributed by atoms with van der Waals surface area (Å²) in [5, 5.41) is 7.64. The number of para-hydroxylation sites is 5. The summed E-state index contributed by atoms with van der Waals surface area (Å²) in [5.41, 5.74) is 18.6. The fourth-order valence-corrected chi connectivity index (χ4v) is 10.1. The third-order valence-corrected chi connectivity index (χ3v) is 12.7. The number of nitrogens with zero attached hydrogens (tertiary/aromatic N) is 3. The van der Waals surface area contributed by atoms with Crippen molar-refractivity contribution in [3.05, 3.63) is 211 Å². The van der Waals surface area contributed by atoms with Crippen LogP contribution in [-0.4, -0.2) is 8.97 Å². The van der Waals surface area contributed by atoms with Crippen molar-refractivity contribution in [2.45, 2.75) is 6.42 Å². The van der Waals surface area contributed by atoms with Crippen LogP contribution in [0.2, 0.25) is 0 Å². The Morgan fingerprint density at radius 1 is 0.362 bits per heavy atom. The summed E-state index contributed by atoms with van der Waals surface area (Å²) in [5.74, 6) is 0. The molecule has 3 nitrogen and oxygen atoms in total. The summed E-state index contributed by atoms with van der Waals surface area (Å²) >= 11 is 0. The van der Waals surface area contributed by atoms with Crippen LogP contribution in [0.3, 0.4) is 0 Å². The number of anilines is 3. The zero-order chi connectivity index (χ0) is 37.9. The third kappa shape index (κ3) is 4.38. The van der Waals surface area contributed by atoms with Gasteiger partial charge in [-0.25, -0.2) is 0 Å². The lowest BCUT2D eigenvalue weighted by Gasteiger charge is -2.27. The molecule has 0 bridgehead atoms. The van der Waals surface area contributed by atoms with E-state index < -0.39 is 0 Å². The normalized spacial score (nSPS) is 12.4. The van der Waals surface area contributed by atoms with E-state index in [0.717, 1.165) is 23.5 Å². The van der Waals surface area contributed by atoms with Crippen LogP contribution in [-0.2, 0) is 6.42 Å². The van der Waals surface area contributed by atoms with Gasteiger partial charge in [-0.2, -0.15) is 0 Å². The minimum absolute atomic E-state index is 0.970. The number of hydrogen-bond acceptors (Lipinski definition) is 1. The van der Waals surface area contributed by atoms with Gasteiger partial charge in [-0.15, -0.1) is 0 Å². The number of rotatable bonds is 5. The standard InChI is InChI=1S/C55H35N3/c1-2-13-39(14-3-1)57-50-21-8-7-17-44(50)49-33-36(27-31-52(49)57)35-24-28-40(29-25-35)56(41-30-26-38-32-37-12-4-5-15-42(37)48(38)34-41)53-23-11-20-47-46-19-10-18-45-43-16-6-9-22-51(43)58(54(45)46)55(47)53/h1-31,33-34H,32H2. The van der Waals surface area contributed by atoms with E-state index in [-0.39, 0.29) is 0 Å². The van der Waals surface area contributed by atoms with Gasteiger partial charge in [0.15, 0.2) is 0 Å². The minimum Gasteiger partial charge on any atom is -0.309 e. The second kappa shape index (κ2) is 11.9. The van der Waals surface area contributed by atoms with Gasteiger partial charge in [-0.1, -0.05) is 133 Å². The molecular weight excluding hydrogens is 703 g/mol. The zero-order valence-corrected chi connectivity index (χ0v) is 31.6. The topological polar surface area (TPSA) is 12.6 Å². The number of hydrogen-bond donors (Lipinski definition) is 0. The lowest BCUT2D eigenvalue weighted by molar-refractivity contribution is 1.18. The molecule has 0 amide bonds. The summed E-state index contributed by atoms with van der Waals surface area (Å²) in [7, 11) is 0. The zero-order valence-electron chi connectivity index (χ0n) is 31.6. The Morgan fingerprint density at radius 2 is 0.966 bits per heavy atom. The van der Waals surface area contributed by atoms with Crippen LogP contribution in [0.15, 0.2) is 200 Å². The van der Waals surface area contributed by atoms with Crippen LogP contribution in [0.4, 0.5) is 17.1 Å². The first-order chi connectivity index (χ1) is 28.8. The molecule has 0 unspecified atom stereocenters. The lowest BCUT2D eigenvalue weighted by atomic mass is 10.0. The Bertz CT molecular complexity index is 3590. The predicted octanol–water partition coefficient (Wildman–Crippen LogP) is 14.6. The molecule has 1 aliphatic rings. The fourth-order valence-electron chi connectivity index (χ4n) is 10.1. The van der Waals surface area contributed by atoms with E-state index in [9.17, 15) is 0 Å². The summed E-state index contributed by atoms with van der Waals surface area (Å²) in [6, 6.07) is 73.9. The van der Waals surface area contributed by atoms with Crippen molar-refractivity contribution in [1.82, 2.24) is 8.97 Å². The van der Waals surface area contributed by atoms with E-state index in [2.05, 4.69) is 214 Å². The molecule has 0 radical (unpaired) electrons. The molecule has 58 heavy (non-hydrogen) atoms. The van der Waals surface area contributed by atoms with Crippen molar-refractivity contribution < 1.29 is 0 Å². The molecule has 0 fully saturated rings. The Labute approximate surface area is 335 Å². The SMILES string of the molecule is c1ccc(-n2c3ccccc3c3cc(-c4ccc(N(c5ccc6c(c5)-c5ccccc5C6)c5cccc6c7cccc8c9ccccc9n(c56)c87)cc4)ccc32)cc1. The van der Waals surface area contributed by atoms with Crippen LogP contribution >= 0.6 is 0 Å². The maximum atomic E-state index is 2.51. The van der Waals surface area contributed by atoms with Gasteiger partial charge in [0.05, 0.1) is 33.3 Å². The highest BCUT2D eigenvalue weighted by Gasteiger charge is 2.25. The molecule has 3 heterocycles. The molecule has 3 heteroatoms. The summed E-state index contributed by atoms with van der Waals surface area (Å²) in [6.45, 7) is 0. The highest BCUT2D eigenvalue weighted by Crippen LogP contribution is 2.48. The van der Waals surface area contributed by atoms with Gasteiger partial charge in [-0.05, 0) is 107 Å². The van der Waals surface area contributed by atoms with Crippen molar-refractivity contribution >= 4 is 77.0 Å². The molecule has 270 valence electrons. The molecule has 12 aromatic rings. The minimum atomic E-state index is 0.970. The molecule has 0 saturated heterocycles. The van der Waals surface area contributed by atoms with E-state index in [1.165, 1.54) is 99.0 Å². The van der Waals surface area contributed by atoms with Crippen LogP contribution in [0.25, 0.3) is 87.8 Å². The van der Waals surface area contributed by atoms with Gasteiger partial charge in [0.25, 0.3) is 0 Å². The Kier molecular flexibility index (Phi) is 6.50. The van der Waals surface area contributed by atoms with Crippen LogP contribution in [0, 0.1) is 0 Å². The molecular formula is C55H35N3. The average Bonchev–Trinajstić information content (AvgIpc) is 4.03. The first kappa shape index (κ1) is 31.6. The summed E-state index contributed by atoms with van der Waals surface area (Å²) in [6.07, 6.45) is 0.970. The van der Waals surface area contributed by atoms with E-state index in [1.54, 1.807) is 0 Å². The van der Waals surface area contributed by atoms with Crippen molar-refractivity contribution in [1.29, 1.82) is 0 Å². The second-order valence-corrected chi connectivity index (χ2v) is 15.7. The fraction of sp³-hybridized carbons (Fsp3) is 0.0182. The molecule has 0 saturated carbocycles. The predicted molar refractivity (Wildman–Crippen MR) is 244 cm³/mol. The van der Waals surface area contributed by atoms with Crippen LogP contribution in [0.5, 0.6) is 0 Å². The van der Waals surface area contributed by atoms with E-state index in [4.69, 9.17) is 0 Å². The maximum Gasteiger partial charge on any atom is 0.0782 e. The highest BCUT2D eigenvalue weighted by molar-refractivity contribution is 6.25. The molecule has 0 aliphatic heterocycles. The first-order valence-corrected chi connectivity index (χ1v) is 20.1. The monoisotopic (exact) mass is 737 g/mol. The van der Waals surface area contributed by atoms with Gasteiger partial charge >= 0.3 is 0 Å². The molecule has 9 aromatic carbocycles. The Hall–Kier alpha value is -7.62. The van der Waals surface area contributed by atoms with Gasteiger partial charge in [0, 0.05) is 49.4 Å². The Balaban J connectivity index is 1.01. The smallest absolute Gasteiger partial charge is 0.0782 e. The lowest BCUT2D eigenvalue weighted by Crippen LogP contribution is -2.11. The van der Waals surface area contributed by atoms with Crippen molar-refractivity contribution in [2.75, 3.05) is 4.90 Å². The largest absolute Gasteiger partial charge is 0.309 e. The van der Waals surface area contributed by atoms with Crippen molar-refractivity contribution in [3.8, 4) is 27.9 Å². The van der Waals surface area contributed by atoms with Gasteiger partial charge in [-0.3, -0.25) is 0 Å². The van der Waals surface area contributed by atoms with Crippen molar-refractivity contribution in [3.63, 3.8) is 0 Å². The van der Waals surface area contributed by atoms with E-state index >= 15 is 0 Å². The molecule has 0 N–H and O–H groups in total. The molecule has 0 spiro atoms. The molecule has 1 aliphatic carbocycles. The van der Waals surface area contributed by atoms with Crippen molar-refractivity contribution in [2.24, 2.45) is 0 Å². The quantitative estimate of drug-likeness (QED) is 0.171.